The van der Waals surface area contributed by atoms with Crippen LogP contribution in [0.1, 0.15) is 43.0 Å². The van der Waals surface area contributed by atoms with Gasteiger partial charge in [0.1, 0.15) is 5.82 Å². The topological polar surface area (TPSA) is 73.8 Å². The Hall–Kier alpha value is -3.65. The van der Waals surface area contributed by atoms with Crippen molar-refractivity contribution in [1.82, 2.24) is 9.29 Å². The highest BCUT2D eigenvalue weighted by Crippen LogP contribution is 2.41. The molecule has 1 atom stereocenters. The van der Waals surface area contributed by atoms with Crippen LogP contribution < -0.4 is 9.80 Å². The van der Waals surface area contributed by atoms with Gasteiger partial charge in [-0.3, -0.25) is 4.79 Å². The van der Waals surface area contributed by atoms with Crippen molar-refractivity contribution in [1.29, 1.82) is 0 Å². The first-order valence-electron chi connectivity index (χ1n) is 14.0. The van der Waals surface area contributed by atoms with E-state index in [1.165, 1.54) is 36.3 Å². The zero-order chi connectivity index (χ0) is 33.7. The van der Waals surface area contributed by atoms with Crippen LogP contribution in [0.25, 0.3) is 11.1 Å². The van der Waals surface area contributed by atoms with Gasteiger partial charge in [0.15, 0.2) is 0 Å². The molecule has 0 radical (unpaired) electrons. The second-order valence-corrected chi connectivity index (χ2v) is 13.8. The molecule has 1 amide bonds. The number of hydrogen-bond donors (Lipinski definition) is 0. The van der Waals surface area contributed by atoms with Crippen molar-refractivity contribution in [2.24, 2.45) is 0 Å². The quantitative estimate of drug-likeness (QED) is 0.283. The molecule has 4 rings (SSSR count). The summed E-state index contributed by atoms with van der Waals surface area (Å²) in [7, 11) is -1.99. The Labute approximate surface area is 258 Å². The number of nitrogens with zero attached hydrogens (tertiary/aromatic N) is 4. The van der Waals surface area contributed by atoms with Gasteiger partial charge in [0.25, 0.3) is 0 Å². The Balaban J connectivity index is 1.79. The molecule has 0 aliphatic carbocycles. The highest BCUT2D eigenvalue weighted by molar-refractivity contribution is 7.88. The molecule has 0 saturated carbocycles. The molecule has 0 bridgehead atoms. The zero-order valence-corrected chi connectivity index (χ0v) is 26.4. The number of aryl methyl sites for hydroxylation is 1. The number of aromatic nitrogens is 1. The van der Waals surface area contributed by atoms with Crippen molar-refractivity contribution in [3.63, 3.8) is 0 Å². The third-order valence-corrected chi connectivity index (χ3v) is 9.44. The van der Waals surface area contributed by atoms with Crippen LogP contribution in [0.4, 0.5) is 37.8 Å². The van der Waals surface area contributed by atoms with Crippen LogP contribution in [0.15, 0.2) is 54.7 Å². The van der Waals surface area contributed by atoms with Crippen LogP contribution in [0.2, 0.25) is 0 Å². The van der Waals surface area contributed by atoms with Crippen LogP contribution >= 0.6 is 0 Å². The first-order valence-corrected chi connectivity index (χ1v) is 15.8. The standard InChI is InChI=1S/C31H34F6N4O3S/c1-19-9-7-8-10-24(19)25-16-27(41-12-11-40(18-20(41)2)45(6,43)44)38-17-26(25)39(5)28(42)29(3,4)21-13-22(30(32,33)34)15-23(14-21)31(35,36)37/h7-10,13-17,20H,11-12,18H2,1-6H3/t20-/m0/s1. The highest BCUT2D eigenvalue weighted by atomic mass is 32.2. The van der Waals surface area contributed by atoms with Gasteiger partial charge in [0.05, 0.1) is 34.7 Å². The van der Waals surface area contributed by atoms with Crippen molar-refractivity contribution < 1.29 is 39.6 Å². The first kappa shape index (κ1) is 34.2. The minimum absolute atomic E-state index is 0.0312. The second-order valence-electron chi connectivity index (χ2n) is 11.8. The number of benzene rings is 2. The monoisotopic (exact) mass is 656 g/mol. The summed E-state index contributed by atoms with van der Waals surface area (Å²) < 4.78 is 107. The van der Waals surface area contributed by atoms with E-state index in [-0.39, 0.29) is 30.9 Å². The lowest BCUT2D eigenvalue weighted by molar-refractivity contribution is -0.143. The van der Waals surface area contributed by atoms with Gasteiger partial charge in [-0.05, 0) is 68.7 Å². The molecule has 244 valence electrons. The molecule has 0 spiro atoms. The molecule has 1 aliphatic rings. The van der Waals surface area contributed by atoms with E-state index < -0.39 is 50.4 Å². The average molecular weight is 657 g/mol. The van der Waals surface area contributed by atoms with E-state index in [4.69, 9.17) is 0 Å². The number of anilines is 2. The van der Waals surface area contributed by atoms with Crippen LogP contribution in [0.3, 0.4) is 0 Å². The Morgan fingerprint density at radius 3 is 1.98 bits per heavy atom. The fourth-order valence-corrected chi connectivity index (χ4v) is 6.39. The van der Waals surface area contributed by atoms with E-state index >= 15 is 0 Å². The molecular weight excluding hydrogens is 622 g/mol. The average Bonchev–Trinajstić information content (AvgIpc) is 2.94. The maximum Gasteiger partial charge on any atom is 0.416 e. The number of pyridine rings is 1. The minimum Gasteiger partial charge on any atom is -0.351 e. The Kier molecular flexibility index (Phi) is 9.08. The summed E-state index contributed by atoms with van der Waals surface area (Å²) in [5.41, 5.74) is -2.85. The fraction of sp³-hybridized carbons (Fsp3) is 0.419. The SMILES string of the molecule is Cc1ccccc1-c1cc(N2CCN(S(C)(=O)=O)C[C@@H]2C)ncc1N(C)C(=O)C(C)(C)c1cc(C(F)(F)F)cc(C(F)(F)F)c1. The molecular formula is C31H34F6N4O3S. The lowest BCUT2D eigenvalue weighted by Gasteiger charge is -2.40. The molecule has 3 aromatic rings. The predicted octanol–water partition coefficient (Wildman–Crippen LogP) is 6.51. The fourth-order valence-electron chi connectivity index (χ4n) is 5.49. The third-order valence-electron chi connectivity index (χ3n) is 8.17. The lowest BCUT2D eigenvalue weighted by atomic mass is 9.81. The summed E-state index contributed by atoms with van der Waals surface area (Å²) >= 11 is 0. The van der Waals surface area contributed by atoms with Gasteiger partial charge in [-0.2, -0.15) is 30.6 Å². The largest absolute Gasteiger partial charge is 0.416 e. The van der Waals surface area contributed by atoms with E-state index in [0.717, 1.165) is 17.4 Å². The van der Waals surface area contributed by atoms with Crippen molar-refractivity contribution in [2.45, 2.75) is 51.5 Å². The van der Waals surface area contributed by atoms with Gasteiger partial charge in [0.2, 0.25) is 15.9 Å². The van der Waals surface area contributed by atoms with E-state index in [0.29, 0.717) is 30.1 Å². The van der Waals surface area contributed by atoms with E-state index in [9.17, 15) is 39.6 Å². The summed E-state index contributed by atoms with van der Waals surface area (Å²) in [6, 6.07) is 10.0. The predicted molar refractivity (Wildman–Crippen MR) is 161 cm³/mol. The molecule has 1 saturated heterocycles. The Morgan fingerprint density at radius 2 is 1.47 bits per heavy atom. The number of rotatable bonds is 6. The lowest BCUT2D eigenvalue weighted by Crippen LogP contribution is -2.53. The van der Waals surface area contributed by atoms with Crippen molar-refractivity contribution in [2.75, 3.05) is 42.7 Å². The molecule has 0 unspecified atom stereocenters. The number of halogens is 6. The van der Waals surface area contributed by atoms with Crippen LogP contribution in [0.5, 0.6) is 0 Å². The Morgan fingerprint density at radius 1 is 0.911 bits per heavy atom. The number of carbonyl (C=O) groups is 1. The summed E-state index contributed by atoms with van der Waals surface area (Å²) in [6.45, 7) is 7.12. The van der Waals surface area contributed by atoms with Crippen LogP contribution in [0, 0.1) is 6.92 Å². The number of piperazine rings is 1. The number of amides is 1. The first-order chi connectivity index (χ1) is 20.6. The summed E-state index contributed by atoms with van der Waals surface area (Å²) in [6.07, 6.45) is -7.55. The van der Waals surface area contributed by atoms with Gasteiger partial charge in [-0.1, -0.05) is 24.3 Å². The zero-order valence-electron chi connectivity index (χ0n) is 25.6. The Bertz CT molecular complexity index is 1670. The molecule has 1 aromatic heterocycles. The maximum atomic E-state index is 14.0. The number of likely N-dealkylation sites (N-methyl/N-ethyl adjacent to an activating group) is 1. The summed E-state index contributed by atoms with van der Waals surface area (Å²) in [5, 5.41) is 0. The van der Waals surface area contributed by atoms with Crippen molar-refractivity contribution in [3.8, 4) is 11.1 Å². The van der Waals surface area contributed by atoms with E-state index in [2.05, 4.69) is 4.98 Å². The number of sulfonamides is 1. The summed E-state index contributed by atoms with van der Waals surface area (Å²) in [5.74, 6) is -0.236. The van der Waals surface area contributed by atoms with Crippen LogP contribution in [-0.2, 0) is 32.6 Å². The van der Waals surface area contributed by atoms with Crippen molar-refractivity contribution in [3.05, 3.63) is 77.0 Å². The number of carbonyl (C=O) groups excluding carboxylic acids is 1. The van der Waals surface area contributed by atoms with E-state index in [1.54, 1.807) is 12.1 Å². The van der Waals surface area contributed by atoms with Gasteiger partial charge in [-0.15, -0.1) is 0 Å². The molecule has 2 heterocycles. The number of alkyl halides is 6. The molecule has 7 nitrogen and oxygen atoms in total. The maximum absolute atomic E-state index is 14.0. The normalized spacial score (nSPS) is 17.0. The minimum atomic E-state index is -5.07. The number of hydrogen-bond acceptors (Lipinski definition) is 5. The molecule has 0 N–H and O–H groups in total. The van der Waals surface area contributed by atoms with Gasteiger partial charge >= 0.3 is 12.4 Å². The van der Waals surface area contributed by atoms with Gasteiger partial charge < -0.3 is 9.80 Å². The second kappa shape index (κ2) is 11.9. The summed E-state index contributed by atoms with van der Waals surface area (Å²) in [4.78, 5) is 21.7. The van der Waals surface area contributed by atoms with Crippen molar-refractivity contribution >= 4 is 27.4 Å². The van der Waals surface area contributed by atoms with E-state index in [1.807, 2.05) is 36.9 Å². The van der Waals surface area contributed by atoms with Gasteiger partial charge in [0, 0.05) is 38.3 Å². The van der Waals surface area contributed by atoms with Crippen LogP contribution in [-0.4, -0.2) is 62.6 Å². The molecule has 2 aromatic carbocycles. The smallest absolute Gasteiger partial charge is 0.351 e. The molecule has 1 fully saturated rings. The van der Waals surface area contributed by atoms with Gasteiger partial charge in [-0.25, -0.2) is 13.4 Å². The third kappa shape index (κ3) is 7.11. The molecule has 1 aliphatic heterocycles. The molecule has 14 heteroatoms. The highest BCUT2D eigenvalue weighted by Gasteiger charge is 2.41. The molecule has 45 heavy (non-hydrogen) atoms.